The monoisotopic (exact) mass is 434 g/mol. The maximum absolute atomic E-state index is 13.6. The first-order valence-electron chi connectivity index (χ1n) is 9.25. The van der Waals surface area contributed by atoms with Crippen LogP contribution >= 0.6 is 15.9 Å². The van der Waals surface area contributed by atoms with E-state index in [1.54, 1.807) is 6.07 Å². The van der Waals surface area contributed by atoms with Crippen LogP contribution in [0.25, 0.3) is 10.9 Å². The topological polar surface area (TPSA) is 87.1 Å². The molecule has 4 fully saturated rings. The number of carbonyl (C=O) groups is 1. The molecule has 0 radical (unpaired) electrons. The summed E-state index contributed by atoms with van der Waals surface area (Å²) in [6.45, 7) is 0. The lowest BCUT2D eigenvalue weighted by Crippen LogP contribution is -2.65. The van der Waals surface area contributed by atoms with Crippen molar-refractivity contribution in [1.29, 1.82) is 0 Å². The Morgan fingerprint density at radius 3 is 2.70 bits per heavy atom. The standard InChI is InChI=1S/C19H20BrFN4O2/c20-13-3-15-12(2-14(13)21)8-22-16(23-15)24-17(26)25-18-4-10-1-11(5-18)7-19(27,6-10)9-18/h2-3,8,10-11,27H,1,4-7,9H2,(H2,22,23,24,25,26). The Labute approximate surface area is 164 Å². The molecule has 2 amide bonds. The summed E-state index contributed by atoms with van der Waals surface area (Å²) in [5.41, 5.74) is -0.434. The first-order valence-corrected chi connectivity index (χ1v) is 10.0. The van der Waals surface area contributed by atoms with Gasteiger partial charge in [-0.05, 0) is 78.4 Å². The van der Waals surface area contributed by atoms with Crippen molar-refractivity contribution in [3.05, 3.63) is 28.6 Å². The number of aliphatic hydroxyl groups is 1. The molecule has 2 unspecified atom stereocenters. The summed E-state index contributed by atoms with van der Waals surface area (Å²) in [7, 11) is 0. The average Bonchev–Trinajstić information content (AvgIpc) is 2.53. The predicted molar refractivity (Wildman–Crippen MR) is 102 cm³/mol. The molecule has 1 heterocycles. The molecule has 142 valence electrons. The lowest BCUT2D eigenvalue weighted by Gasteiger charge is -2.60. The van der Waals surface area contributed by atoms with Crippen LogP contribution in [0.15, 0.2) is 22.8 Å². The quantitative estimate of drug-likeness (QED) is 0.671. The minimum Gasteiger partial charge on any atom is -0.390 e. The zero-order chi connectivity index (χ0) is 18.8. The van der Waals surface area contributed by atoms with Gasteiger partial charge in [0.1, 0.15) is 5.82 Å². The second kappa shape index (κ2) is 5.85. The van der Waals surface area contributed by atoms with Gasteiger partial charge >= 0.3 is 6.03 Å². The molecule has 27 heavy (non-hydrogen) atoms. The van der Waals surface area contributed by atoms with Crippen molar-refractivity contribution in [3.63, 3.8) is 0 Å². The molecule has 0 saturated heterocycles. The number of hydrogen-bond donors (Lipinski definition) is 3. The molecule has 3 N–H and O–H groups in total. The molecule has 4 aliphatic rings. The Morgan fingerprint density at radius 1 is 1.26 bits per heavy atom. The third kappa shape index (κ3) is 3.08. The summed E-state index contributed by atoms with van der Waals surface area (Å²) in [5, 5.41) is 17.2. The Bertz CT molecular complexity index is 939. The summed E-state index contributed by atoms with van der Waals surface area (Å²) in [6, 6.07) is 2.55. The summed E-state index contributed by atoms with van der Waals surface area (Å²) in [5.74, 6) is 0.757. The molecule has 6 rings (SSSR count). The van der Waals surface area contributed by atoms with Crippen LogP contribution in [0.2, 0.25) is 0 Å². The van der Waals surface area contributed by atoms with Crippen molar-refractivity contribution in [1.82, 2.24) is 15.3 Å². The van der Waals surface area contributed by atoms with Crippen LogP contribution in [0.5, 0.6) is 0 Å². The first kappa shape index (κ1) is 17.3. The van der Waals surface area contributed by atoms with E-state index in [2.05, 4.69) is 36.5 Å². The van der Waals surface area contributed by atoms with Gasteiger partial charge in [0.15, 0.2) is 0 Å². The van der Waals surface area contributed by atoms with E-state index in [0.29, 0.717) is 33.6 Å². The Balaban J connectivity index is 1.34. The molecule has 4 saturated carbocycles. The molecule has 1 aromatic carbocycles. The van der Waals surface area contributed by atoms with E-state index in [-0.39, 0.29) is 23.3 Å². The van der Waals surface area contributed by atoms with Crippen LogP contribution in [0.1, 0.15) is 38.5 Å². The second-order valence-electron chi connectivity index (χ2n) is 8.56. The number of carbonyl (C=O) groups excluding carboxylic acids is 1. The van der Waals surface area contributed by atoms with Gasteiger partial charge in [-0.15, -0.1) is 0 Å². The van der Waals surface area contributed by atoms with Crippen LogP contribution in [0.4, 0.5) is 15.1 Å². The maximum Gasteiger partial charge on any atom is 0.322 e. The van der Waals surface area contributed by atoms with E-state index in [1.807, 2.05) is 0 Å². The van der Waals surface area contributed by atoms with Crippen molar-refractivity contribution in [2.45, 2.75) is 49.7 Å². The van der Waals surface area contributed by atoms with Gasteiger partial charge < -0.3 is 10.4 Å². The fraction of sp³-hybridized carbons (Fsp3) is 0.526. The van der Waals surface area contributed by atoms with Crippen molar-refractivity contribution in [2.24, 2.45) is 11.8 Å². The fourth-order valence-corrected chi connectivity index (χ4v) is 6.15. The number of aromatic nitrogens is 2. The van der Waals surface area contributed by atoms with Crippen LogP contribution < -0.4 is 10.6 Å². The number of nitrogens with one attached hydrogen (secondary N) is 2. The number of benzene rings is 1. The largest absolute Gasteiger partial charge is 0.390 e. The van der Waals surface area contributed by atoms with Crippen LogP contribution in [0.3, 0.4) is 0 Å². The highest BCUT2D eigenvalue weighted by Crippen LogP contribution is 2.57. The summed E-state index contributed by atoms with van der Waals surface area (Å²) in [4.78, 5) is 21.0. The zero-order valence-electron chi connectivity index (χ0n) is 14.6. The molecule has 1 aromatic heterocycles. The molecule has 2 aromatic rings. The fourth-order valence-electron chi connectivity index (χ4n) is 5.82. The number of anilines is 1. The molecule has 2 atom stereocenters. The number of nitrogens with zero attached hydrogens (tertiary/aromatic N) is 2. The molecule has 8 heteroatoms. The van der Waals surface area contributed by atoms with Gasteiger partial charge in [0.25, 0.3) is 0 Å². The maximum atomic E-state index is 13.6. The van der Waals surface area contributed by atoms with Gasteiger partial charge in [0.2, 0.25) is 5.95 Å². The minimum absolute atomic E-state index is 0.168. The Kier molecular flexibility index (Phi) is 3.75. The summed E-state index contributed by atoms with van der Waals surface area (Å²) >= 11 is 3.14. The Morgan fingerprint density at radius 2 is 2.00 bits per heavy atom. The number of hydrogen-bond acceptors (Lipinski definition) is 4. The second-order valence-corrected chi connectivity index (χ2v) is 9.42. The molecule has 6 nitrogen and oxygen atoms in total. The summed E-state index contributed by atoms with van der Waals surface area (Å²) in [6.07, 6.45) is 6.81. The van der Waals surface area contributed by atoms with E-state index in [4.69, 9.17) is 0 Å². The number of rotatable bonds is 2. The minimum atomic E-state index is -0.632. The van der Waals surface area contributed by atoms with E-state index in [9.17, 15) is 14.3 Å². The average molecular weight is 435 g/mol. The third-order valence-electron chi connectivity index (χ3n) is 6.26. The van der Waals surface area contributed by atoms with E-state index >= 15 is 0 Å². The van der Waals surface area contributed by atoms with Crippen LogP contribution in [0, 0.1) is 17.7 Å². The molecule has 4 bridgehead atoms. The van der Waals surface area contributed by atoms with E-state index < -0.39 is 5.60 Å². The normalized spacial score (nSPS) is 34.0. The highest BCUT2D eigenvalue weighted by atomic mass is 79.9. The van der Waals surface area contributed by atoms with Crippen molar-refractivity contribution < 1.29 is 14.3 Å². The lowest BCUT2D eigenvalue weighted by atomic mass is 9.51. The number of halogens is 2. The smallest absolute Gasteiger partial charge is 0.322 e. The van der Waals surface area contributed by atoms with E-state index in [0.717, 1.165) is 32.1 Å². The first-order chi connectivity index (χ1) is 12.8. The number of fused-ring (bicyclic) bond motifs is 1. The van der Waals surface area contributed by atoms with Crippen molar-refractivity contribution in [3.8, 4) is 0 Å². The van der Waals surface area contributed by atoms with Crippen LogP contribution in [-0.4, -0.2) is 32.2 Å². The predicted octanol–water partition coefficient (Wildman–Crippen LogP) is 3.74. The highest BCUT2D eigenvalue weighted by molar-refractivity contribution is 9.10. The van der Waals surface area contributed by atoms with Gasteiger partial charge in [-0.25, -0.2) is 19.2 Å². The molecule has 0 aliphatic heterocycles. The van der Waals surface area contributed by atoms with Gasteiger partial charge in [-0.1, -0.05) is 0 Å². The SMILES string of the molecule is O=C(Nc1ncc2cc(F)c(Br)cc2n1)NC12CC3CC(CC(O)(C3)C1)C2. The molecular weight excluding hydrogens is 415 g/mol. The van der Waals surface area contributed by atoms with Gasteiger partial charge in [-0.3, -0.25) is 5.32 Å². The Hall–Kier alpha value is -1.80. The molecule has 0 spiro atoms. The molecule has 4 aliphatic carbocycles. The van der Waals surface area contributed by atoms with Crippen molar-refractivity contribution >= 4 is 38.8 Å². The van der Waals surface area contributed by atoms with Crippen molar-refractivity contribution in [2.75, 3.05) is 5.32 Å². The number of urea groups is 1. The van der Waals surface area contributed by atoms with Gasteiger partial charge in [0.05, 0.1) is 15.6 Å². The zero-order valence-corrected chi connectivity index (χ0v) is 16.2. The highest BCUT2D eigenvalue weighted by Gasteiger charge is 2.57. The van der Waals surface area contributed by atoms with Gasteiger partial charge in [0, 0.05) is 17.1 Å². The van der Waals surface area contributed by atoms with Gasteiger partial charge in [-0.2, -0.15) is 0 Å². The van der Waals surface area contributed by atoms with Crippen LogP contribution in [-0.2, 0) is 0 Å². The third-order valence-corrected chi connectivity index (χ3v) is 6.86. The number of amides is 2. The summed E-state index contributed by atoms with van der Waals surface area (Å²) < 4.78 is 13.9. The molecular formula is C19H20BrFN4O2. The lowest BCUT2D eigenvalue weighted by molar-refractivity contribution is -0.138. The van der Waals surface area contributed by atoms with E-state index in [1.165, 1.54) is 12.3 Å².